The Bertz CT molecular complexity index is 630. The number of morpholine rings is 1. The molecule has 9 heteroatoms. The lowest BCUT2D eigenvalue weighted by Crippen LogP contribution is -2.60. The van der Waals surface area contributed by atoms with Crippen molar-refractivity contribution in [2.75, 3.05) is 26.4 Å². The molecule has 0 amide bonds. The van der Waals surface area contributed by atoms with Gasteiger partial charge in [-0.3, -0.25) is 4.57 Å². The summed E-state index contributed by atoms with van der Waals surface area (Å²) in [6.45, 7) is 4.64. The van der Waals surface area contributed by atoms with Crippen LogP contribution in [0.3, 0.4) is 0 Å². The van der Waals surface area contributed by atoms with Crippen LogP contribution in [0.5, 0.6) is 0 Å². The van der Waals surface area contributed by atoms with Crippen LogP contribution in [-0.4, -0.2) is 66.3 Å². The molecule has 1 saturated heterocycles. The zero-order valence-electron chi connectivity index (χ0n) is 15.5. The molecule has 0 aliphatic carbocycles. The van der Waals surface area contributed by atoms with E-state index in [-0.39, 0.29) is 24.8 Å². The lowest BCUT2D eigenvalue weighted by Gasteiger charge is -2.40. The summed E-state index contributed by atoms with van der Waals surface area (Å²) in [5, 5.41) is 21.4. The number of hydrogen-bond acceptors (Lipinski definition) is 7. The highest BCUT2D eigenvalue weighted by atomic mass is 31.1. The molecular formula is C18H26NO7P. The first kappa shape index (κ1) is 21.9. The number of carboxylic acid groups (broad SMARTS) is 1. The summed E-state index contributed by atoms with van der Waals surface area (Å²) in [6.07, 6.45) is -1.27. The molecular weight excluding hydrogens is 373 g/mol. The summed E-state index contributed by atoms with van der Waals surface area (Å²) < 4.78 is 28.3. The first-order chi connectivity index (χ1) is 12.9. The second-order valence-corrected chi connectivity index (χ2v) is 7.15. The van der Waals surface area contributed by atoms with Crippen LogP contribution in [0.2, 0.25) is 0 Å². The summed E-state index contributed by atoms with van der Waals surface area (Å²) in [4.78, 5) is 11.1. The lowest BCUT2D eigenvalue weighted by atomic mass is 10.0. The van der Waals surface area contributed by atoms with Crippen molar-refractivity contribution >= 4 is 14.4 Å². The maximum Gasteiger partial charge on any atom is 0.335 e. The van der Waals surface area contributed by atoms with Crippen LogP contribution in [-0.2, 0) is 25.2 Å². The van der Waals surface area contributed by atoms with Crippen molar-refractivity contribution in [2.24, 2.45) is 0 Å². The van der Waals surface area contributed by atoms with Crippen molar-refractivity contribution in [3.05, 3.63) is 35.4 Å². The number of aromatic carboxylic acids is 1. The van der Waals surface area contributed by atoms with Crippen molar-refractivity contribution in [3.8, 4) is 0 Å². The molecule has 1 fully saturated rings. The fourth-order valence-electron chi connectivity index (χ4n) is 2.99. The Hall–Kier alpha value is -1.41. The van der Waals surface area contributed by atoms with Gasteiger partial charge in [-0.1, -0.05) is 12.1 Å². The van der Waals surface area contributed by atoms with Crippen LogP contribution in [0.15, 0.2) is 24.3 Å². The third-order valence-corrected chi connectivity index (χ3v) is 5.14. The number of hydrogen-bond donors (Lipinski definition) is 3. The second kappa shape index (κ2) is 10.2. The first-order valence-electron chi connectivity index (χ1n) is 8.91. The highest BCUT2D eigenvalue weighted by Crippen LogP contribution is 2.34. The number of aliphatic hydroxyl groups is 1. The van der Waals surface area contributed by atoms with E-state index >= 15 is 0 Å². The molecule has 0 spiro atoms. The SMILES string of the molecule is CCOC(OCC)C(O)(P=O)[C@H]1CN[C@H](Cc2cccc(C(=O)O)c2)CO1. The van der Waals surface area contributed by atoms with Gasteiger partial charge in [0, 0.05) is 25.8 Å². The van der Waals surface area contributed by atoms with Gasteiger partial charge in [0.1, 0.15) is 6.10 Å². The number of carboxylic acids is 1. The van der Waals surface area contributed by atoms with E-state index < -0.39 is 32.2 Å². The predicted octanol–water partition coefficient (Wildman–Crippen LogP) is 1.66. The van der Waals surface area contributed by atoms with Gasteiger partial charge in [0.25, 0.3) is 0 Å². The average Bonchev–Trinajstić information content (AvgIpc) is 2.68. The van der Waals surface area contributed by atoms with E-state index in [2.05, 4.69) is 5.32 Å². The standard InChI is InChI=1S/C18H26NO7P/c1-3-24-17(25-4-2)18(22,27-23)15-10-19-14(11-26-15)9-12-6-5-7-13(8-12)16(20)21/h5-8,14-15,17,19,22H,3-4,9-11H2,1-2H3,(H,20,21)/t14-,15-,18?/m1/s1. The molecule has 3 atom stereocenters. The maximum atomic E-state index is 11.7. The topological polar surface area (TPSA) is 114 Å². The van der Waals surface area contributed by atoms with Crippen LogP contribution < -0.4 is 5.32 Å². The van der Waals surface area contributed by atoms with Crippen molar-refractivity contribution in [2.45, 2.75) is 44.0 Å². The largest absolute Gasteiger partial charge is 0.478 e. The van der Waals surface area contributed by atoms with Crippen molar-refractivity contribution in [3.63, 3.8) is 0 Å². The second-order valence-electron chi connectivity index (χ2n) is 6.25. The summed E-state index contributed by atoms with van der Waals surface area (Å²) >= 11 is 0. The zero-order chi connectivity index (χ0) is 19.9. The van der Waals surface area contributed by atoms with Gasteiger partial charge in [-0.25, -0.2) is 4.79 Å². The van der Waals surface area contributed by atoms with Gasteiger partial charge in [0.05, 0.1) is 12.2 Å². The van der Waals surface area contributed by atoms with Gasteiger partial charge >= 0.3 is 5.97 Å². The number of rotatable bonds is 10. The molecule has 2 rings (SSSR count). The monoisotopic (exact) mass is 399 g/mol. The quantitative estimate of drug-likeness (QED) is 0.402. The number of benzene rings is 1. The van der Waals surface area contributed by atoms with Gasteiger partial charge in [-0.2, -0.15) is 0 Å². The molecule has 3 N–H and O–H groups in total. The Morgan fingerprint density at radius 2 is 2.11 bits per heavy atom. The highest BCUT2D eigenvalue weighted by molar-refractivity contribution is 7.25. The Balaban J connectivity index is 1.99. The molecule has 1 heterocycles. The number of nitrogens with one attached hydrogen (secondary N) is 1. The molecule has 1 aliphatic heterocycles. The van der Waals surface area contributed by atoms with Crippen molar-refractivity contribution in [1.82, 2.24) is 5.32 Å². The third kappa shape index (κ3) is 5.54. The van der Waals surface area contributed by atoms with Crippen molar-refractivity contribution < 1.29 is 33.8 Å². The molecule has 150 valence electrons. The van der Waals surface area contributed by atoms with E-state index in [1.807, 2.05) is 6.07 Å². The zero-order valence-corrected chi connectivity index (χ0v) is 16.4. The fourth-order valence-corrected chi connectivity index (χ4v) is 3.51. The van der Waals surface area contributed by atoms with E-state index in [4.69, 9.17) is 19.3 Å². The van der Waals surface area contributed by atoms with Gasteiger partial charge in [-0.05, 0) is 38.0 Å². The van der Waals surface area contributed by atoms with Crippen LogP contribution in [0.1, 0.15) is 29.8 Å². The summed E-state index contributed by atoms with van der Waals surface area (Å²) in [7, 11) is -0.539. The third-order valence-electron chi connectivity index (χ3n) is 4.35. The van der Waals surface area contributed by atoms with E-state index in [0.717, 1.165) is 5.56 Å². The van der Waals surface area contributed by atoms with Crippen LogP contribution >= 0.6 is 8.46 Å². The minimum atomic E-state index is -1.83. The molecule has 0 radical (unpaired) electrons. The van der Waals surface area contributed by atoms with Crippen LogP contribution in [0.25, 0.3) is 0 Å². The first-order valence-corrected chi connectivity index (χ1v) is 9.73. The molecule has 27 heavy (non-hydrogen) atoms. The van der Waals surface area contributed by atoms with Crippen LogP contribution in [0.4, 0.5) is 0 Å². The predicted molar refractivity (Wildman–Crippen MR) is 98.2 cm³/mol. The van der Waals surface area contributed by atoms with E-state index in [1.54, 1.807) is 32.0 Å². The average molecular weight is 399 g/mol. The molecule has 0 aromatic heterocycles. The number of ether oxygens (including phenoxy) is 3. The number of carbonyl (C=O) groups is 1. The minimum Gasteiger partial charge on any atom is -0.478 e. The van der Waals surface area contributed by atoms with E-state index in [9.17, 15) is 14.5 Å². The van der Waals surface area contributed by atoms with Crippen LogP contribution in [0, 0.1) is 0 Å². The Labute approximate surface area is 160 Å². The molecule has 1 unspecified atom stereocenters. The van der Waals surface area contributed by atoms with E-state index in [0.29, 0.717) is 19.6 Å². The normalized spacial score (nSPS) is 22.7. The van der Waals surface area contributed by atoms with Gasteiger partial charge < -0.3 is 29.7 Å². The molecule has 1 aromatic rings. The van der Waals surface area contributed by atoms with E-state index in [1.165, 1.54) is 0 Å². The smallest absolute Gasteiger partial charge is 0.335 e. The molecule has 8 nitrogen and oxygen atoms in total. The molecule has 0 saturated carbocycles. The molecule has 1 aliphatic rings. The van der Waals surface area contributed by atoms with Gasteiger partial charge in [0.15, 0.2) is 14.8 Å². The molecule has 0 bridgehead atoms. The Morgan fingerprint density at radius 1 is 1.41 bits per heavy atom. The summed E-state index contributed by atoms with van der Waals surface area (Å²) in [5.74, 6) is -0.970. The Morgan fingerprint density at radius 3 is 2.63 bits per heavy atom. The highest BCUT2D eigenvalue weighted by Gasteiger charge is 2.49. The minimum absolute atomic E-state index is 0.0597. The fraction of sp³-hybridized carbons (Fsp3) is 0.611. The molecule has 1 aromatic carbocycles. The van der Waals surface area contributed by atoms with Gasteiger partial charge in [-0.15, -0.1) is 0 Å². The Kier molecular flexibility index (Phi) is 8.28. The summed E-state index contributed by atoms with van der Waals surface area (Å²) in [6, 6.07) is 6.67. The lowest BCUT2D eigenvalue weighted by molar-refractivity contribution is -0.238. The summed E-state index contributed by atoms with van der Waals surface area (Å²) in [5.41, 5.74) is 1.10. The van der Waals surface area contributed by atoms with Crippen molar-refractivity contribution in [1.29, 1.82) is 0 Å². The maximum absolute atomic E-state index is 11.7. The van der Waals surface area contributed by atoms with Gasteiger partial charge in [0.2, 0.25) is 5.34 Å².